The maximum absolute atomic E-state index is 14.6. The number of methoxy groups -OCH3 is 1. The monoisotopic (exact) mass is 519 g/mol. The number of carbonyl (C=O) groups excluding carboxylic acids is 1. The Balaban J connectivity index is 1.79. The van der Waals surface area contributed by atoms with Gasteiger partial charge in [0, 0.05) is 34.1 Å². The van der Waals surface area contributed by atoms with Crippen molar-refractivity contribution in [2.24, 2.45) is 0 Å². The van der Waals surface area contributed by atoms with E-state index in [0.717, 1.165) is 16.9 Å². The summed E-state index contributed by atoms with van der Waals surface area (Å²) in [7, 11) is 1.36. The Morgan fingerprint density at radius 2 is 1.78 bits per heavy atom. The van der Waals surface area contributed by atoms with Gasteiger partial charge in [-0.15, -0.1) is 0 Å². The van der Waals surface area contributed by atoms with Crippen molar-refractivity contribution in [2.75, 3.05) is 7.11 Å². The number of hydrogen-bond donors (Lipinski definition) is 1. The van der Waals surface area contributed by atoms with Crippen molar-refractivity contribution >= 4 is 6.09 Å². The number of benzene rings is 2. The van der Waals surface area contributed by atoms with Gasteiger partial charge >= 0.3 is 12.3 Å². The van der Waals surface area contributed by atoms with E-state index >= 15 is 0 Å². The summed E-state index contributed by atoms with van der Waals surface area (Å²) in [5.41, 5.74) is 1.16. The average molecular weight is 520 g/mol. The second kappa shape index (κ2) is 9.91. The molecule has 0 radical (unpaired) electrons. The molecule has 10 heteroatoms. The molecule has 1 aromatic heterocycles. The summed E-state index contributed by atoms with van der Waals surface area (Å²) in [6, 6.07) is 8.72. The zero-order chi connectivity index (χ0) is 27.1. The van der Waals surface area contributed by atoms with Crippen molar-refractivity contribution in [3.05, 3.63) is 82.9 Å². The number of nitrogens with zero attached hydrogens (tertiary/aromatic N) is 2. The number of ether oxygens (including phenoxy) is 2. The maximum atomic E-state index is 14.6. The molecule has 2 atom stereocenters. The molecule has 6 nitrogen and oxygen atoms in total. The highest BCUT2D eigenvalue weighted by Crippen LogP contribution is 2.41. The lowest BCUT2D eigenvalue weighted by atomic mass is 9.92. The van der Waals surface area contributed by atoms with Crippen molar-refractivity contribution in [1.29, 1.82) is 0 Å². The average Bonchev–Trinajstić information content (AvgIpc) is 3.12. The van der Waals surface area contributed by atoms with E-state index in [4.69, 9.17) is 9.47 Å². The molecule has 0 aliphatic carbocycles. The molecular weight excluding hydrogens is 492 g/mol. The molecule has 2 aromatic carbocycles. The molecule has 1 aliphatic heterocycles. The first kappa shape index (κ1) is 26.2. The Kier molecular flexibility index (Phi) is 7.03. The number of cyclic esters (lactones) is 1. The third-order valence-electron chi connectivity index (χ3n) is 6.56. The fourth-order valence-electron chi connectivity index (χ4n) is 4.52. The van der Waals surface area contributed by atoms with E-state index < -0.39 is 35.8 Å². The van der Waals surface area contributed by atoms with Gasteiger partial charge in [-0.1, -0.05) is 19.9 Å². The lowest BCUT2D eigenvalue weighted by Gasteiger charge is -2.24. The van der Waals surface area contributed by atoms with Crippen LogP contribution in [0.15, 0.2) is 54.9 Å². The van der Waals surface area contributed by atoms with E-state index in [1.165, 1.54) is 36.5 Å². The zero-order valence-corrected chi connectivity index (χ0v) is 20.7. The Labute approximate surface area is 211 Å². The van der Waals surface area contributed by atoms with Crippen molar-refractivity contribution < 1.29 is 41.8 Å². The maximum Gasteiger partial charge on any atom is 0.416 e. The molecule has 0 saturated carbocycles. The van der Waals surface area contributed by atoms with E-state index in [0.29, 0.717) is 22.3 Å². The normalized spacial score (nSPS) is 17.9. The quantitative estimate of drug-likeness (QED) is 0.238. The number of amides is 1. The molecule has 1 amide bonds. The van der Waals surface area contributed by atoms with Crippen LogP contribution < -0.4 is 9.47 Å². The van der Waals surface area contributed by atoms with E-state index in [2.05, 4.69) is 0 Å². The lowest BCUT2D eigenvalue weighted by Crippen LogP contribution is -2.32. The molecule has 0 spiro atoms. The SMILES string of the molecule is COc1cc(F)c(C(C)C)cc1-c1ccc(C(F)(F)F)cc1CN1C(=O)O[C@H](c2cc[n+](O)cc2)[C@@H]1C. The van der Waals surface area contributed by atoms with Crippen molar-refractivity contribution in [2.45, 2.75) is 51.6 Å². The summed E-state index contributed by atoms with van der Waals surface area (Å²) < 4.78 is 67.4. The van der Waals surface area contributed by atoms with Gasteiger partial charge in [0.2, 0.25) is 12.4 Å². The second-order valence-corrected chi connectivity index (χ2v) is 9.28. The van der Waals surface area contributed by atoms with Crippen LogP contribution in [0.1, 0.15) is 55.0 Å². The van der Waals surface area contributed by atoms with Crippen LogP contribution in [-0.2, 0) is 17.5 Å². The molecule has 0 unspecified atom stereocenters. The number of alkyl halides is 3. The van der Waals surface area contributed by atoms with Crippen LogP contribution in [0.2, 0.25) is 0 Å². The molecule has 3 aromatic rings. The summed E-state index contributed by atoms with van der Waals surface area (Å²) in [5, 5.41) is 9.48. The number of aromatic nitrogens is 1. The highest BCUT2D eigenvalue weighted by Gasteiger charge is 2.41. The van der Waals surface area contributed by atoms with Gasteiger partial charge in [0.1, 0.15) is 17.7 Å². The molecule has 0 bridgehead atoms. The molecule has 1 saturated heterocycles. The van der Waals surface area contributed by atoms with Gasteiger partial charge < -0.3 is 9.47 Å². The molecule has 1 N–H and O–H groups in total. The van der Waals surface area contributed by atoms with Crippen LogP contribution in [0.5, 0.6) is 5.75 Å². The van der Waals surface area contributed by atoms with Gasteiger partial charge in [0.25, 0.3) is 0 Å². The number of rotatable bonds is 6. The Hall–Kier alpha value is -3.82. The molecule has 37 heavy (non-hydrogen) atoms. The topological polar surface area (TPSA) is 62.9 Å². The fourth-order valence-corrected chi connectivity index (χ4v) is 4.52. The summed E-state index contributed by atoms with van der Waals surface area (Å²) >= 11 is 0. The van der Waals surface area contributed by atoms with Gasteiger partial charge in [-0.25, -0.2) is 9.18 Å². The largest absolute Gasteiger partial charge is 0.496 e. The number of carbonyl (C=O) groups is 1. The zero-order valence-electron chi connectivity index (χ0n) is 20.7. The molecule has 4 rings (SSSR count). The van der Waals surface area contributed by atoms with E-state index in [9.17, 15) is 27.6 Å². The van der Waals surface area contributed by atoms with Crippen LogP contribution in [0.4, 0.5) is 22.4 Å². The van der Waals surface area contributed by atoms with Crippen molar-refractivity contribution in [3.8, 4) is 16.9 Å². The summed E-state index contributed by atoms with van der Waals surface area (Å²) in [6.07, 6.45) is -3.20. The molecule has 1 aliphatic rings. The van der Waals surface area contributed by atoms with Crippen molar-refractivity contribution in [3.63, 3.8) is 0 Å². The first-order valence-electron chi connectivity index (χ1n) is 11.7. The smallest absolute Gasteiger partial charge is 0.416 e. The third-order valence-corrected chi connectivity index (χ3v) is 6.56. The van der Waals surface area contributed by atoms with Crippen LogP contribution in [0, 0.1) is 5.82 Å². The van der Waals surface area contributed by atoms with Gasteiger partial charge in [-0.2, -0.15) is 13.2 Å². The summed E-state index contributed by atoms with van der Waals surface area (Å²) in [6.45, 7) is 5.18. The highest BCUT2D eigenvalue weighted by atomic mass is 19.4. The minimum atomic E-state index is -4.60. The van der Waals surface area contributed by atoms with E-state index in [1.54, 1.807) is 25.1 Å². The summed E-state index contributed by atoms with van der Waals surface area (Å²) in [5.74, 6) is -0.490. The second-order valence-electron chi connectivity index (χ2n) is 9.28. The minimum absolute atomic E-state index is 0.166. The molecule has 1 fully saturated rings. The molecular formula is C27H27F4N2O4+. The first-order valence-corrected chi connectivity index (χ1v) is 11.7. The third kappa shape index (κ3) is 5.19. The minimum Gasteiger partial charge on any atom is -0.496 e. The number of halogens is 4. The Bertz CT molecular complexity index is 1310. The van der Waals surface area contributed by atoms with E-state index in [-0.39, 0.29) is 23.8 Å². The number of hydrogen-bond acceptors (Lipinski definition) is 4. The first-order chi connectivity index (χ1) is 17.4. The van der Waals surface area contributed by atoms with Crippen LogP contribution in [0.25, 0.3) is 11.1 Å². The molecule has 2 heterocycles. The van der Waals surface area contributed by atoms with Crippen LogP contribution >= 0.6 is 0 Å². The Morgan fingerprint density at radius 3 is 2.38 bits per heavy atom. The van der Waals surface area contributed by atoms with Crippen molar-refractivity contribution in [1.82, 2.24) is 4.90 Å². The van der Waals surface area contributed by atoms with Gasteiger partial charge in [-0.05, 0) is 47.7 Å². The lowest BCUT2D eigenvalue weighted by molar-refractivity contribution is -0.904. The van der Waals surface area contributed by atoms with Crippen LogP contribution in [-0.4, -0.2) is 29.4 Å². The number of pyridine rings is 1. The standard InChI is InChI=1S/C27H27F4N2O4/c1-15(2)21-12-22(24(36-4)13-23(21)28)20-6-5-19(27(29,30)31)11-18(20)14-33-16(3)25(37-26(33)34)17-7-9-32(35)10-8-17/h5-13,15-16,25,35H,14H2,1-4H3/q+1/t16-,25-/m0/s1. The van der Waals surface area contributed by atoms with Gasteiger partial charge in [0.15, 0.2) is 0 Å². The van der Waals surface area contributed by atoms with Gasteiger partial charge in [0.05, 0.1) is 25.3 Å². The van der Waals surface area contributed by atoms with Crippen LogP contribution in [0.3, 0.4) is 0 Å². The fraction of sp³-hybridized carbons (Fsp3) is 0.333. The predicted octanol–water partition coefficient (Wildman–Crippen LogP) is 6.25. The Morgan fingerprint density at radius 1 is 1.11 bits per heavy atom. The van der Waals surface area contributed by atoms with Gasteiger partial charge in [-0.3, -0.25) is 10.1 Å². The predicted molar refractivity (Wildman–Crippen MR) is 126 cm³/mol. The van der Waals surface area contributed by atoms with E-state index in [1.807, 2.05) is 13.8 Å². The molecule has 196 valence electrons. The highest BCUT2D eigenvalue weighted by molar-refractivity contribution is 5.76. The summed E-state index contributed by atoms with van der Waals surface area (Å²) in [4.78, 5) is 14.2.